The first-order valence-electron chi connectivity index (χ1n) is 6.76. The molecule has 0 saturated carbocycles. The number of carbonyl (C=O) groups is 1. The maximum Gasteiger partial charge on any atom is 0.251 e. The van der Waals surface area contributed by atoms with Gasteiger partial charge >= 0.3 is 0 Å². The van der Waals surface area contributed by atoms with Gasteiger partial charge < -0.3 is 15.4 Å². The molecule has 0 spiro atoms. The lowest BCUT2D eigenvalue weighted by atomic mass is 10.1. The average molecular weight is 242 g/mol. The highest BCUT2D eigenvalue weighted by Crippen LogP contribution is 2.21. The molecule has 2 N–H and O–H groups in total. The number of amides is 1. The van der Waals surface area contributed by atoms with Gasteiger partial charge in [-0.15, -0.1) is 0 Å². The van der Waals surface area contributed by atoms with Crippen molar-refractivity contribution in [1.82, 2.24) is 4.90 Å². The third-order valence-corrected chi connectivity index (χ3v) is 3.57. The van der Waals surface area contributed by atoms with Gasteiger partial charge in [0, 0.05) is 19.6 Å². The SMILES string of the molecule is CCC(C)CN(CC)C(=O)C1CCC(CN)O1. The summed E-state index contributed by atoms with van der Waals surface area (Å²) in [6, 6.07) is 0. The molecule has 1 fully saturated rings. The van der Waals surface area contributed by atoms with E-state index in [9.17, 15) is 4.79 Å². The summed E-state index contributed by atoms with van der Waals surface area (Å²) in [5, 5.41) is 0. The predicted molar refractivity (Wildman–Crippen MR) is 68.7 cm³/mol. The van der Waals surface area contributed by atoms with Gasteiger partial charge in [-0.25, -0.2) is 0 Å². The zero-order chi connectivity index (χ0) is 12.8. The topological polar surface area (TPSA) is 55.6 Å². The van der Waals surface area contributed by atoms with Crippen LogP contribution < -0.4 is 5.73 Å². The molecule has 0 aliphatic carbocycles. The number of nitrogens with two attached hydrogens (primary N) is 1. The van der Waals surface area contributed by atoms with Crippen molar-refractivity contribution in [2.75, 3.05) is 19.6 Å². The number of carbonyl (C=O) groups excluding carboxylic acids is 1. The van der Waals surface area contributed by atoms with E-state index in [1.54, 1.807) is 0 Å². The lowest BCUT2D eigenvalue weighted by Crippen LogP contribution is -2.41. The van der Waals surface area contributed by atoms with Crippen LogP contribution in [0.2, 0.25) is 0 Å². The fourth-order valence-corrected chi connectivity index (χ4v) is 2.14. The molecule has 1 heterocycles. The Balaban J connectivity index is 2.49. The van der Waals surface area contributed by atoms with Crippen LogP contribution in [0.4, 0.5) is 0 Å². The van der Waals surface area contributed by atoms with Gasteiger partial charge in [0.25, 0.3) is 5.91 Å². The molecule has 1 aliphatic heterocycles. The lowest BCUT2D eigenvalue weighted by Gasteiger charge is -2.26. The molecule has 0 aromatic carbocycles. The molecule has 4 heteroatoms. The zero-order valence-electron chi connectivity index (χ0n) is 11.3. The van der Waals surface area contributed by atoms with Crippen LogP contribution in [-0.2, 0) is 9.53 Å². The maximum absolute atomic E-state index is 12.2. The van der Waals surface area contributed by atoms with Crippen LogP contribution in [-0.4, -0.2) is 42.6 Å². The van der Waals surface area contributed by atoms with E-state index in [2.05, 4.69) is 13.8 Å². The molecular weight excluding hydrogens is 216 g/mol. The van der Waals surface area contributed by atoms with Crippen molar-refractivity contribution in [3.05, 3.63) is 0 Å². The lowest BCUT2D eigenvalue weighted by molar-refractivity contribution is -0.143. The summed E-state index contributed by atoms with van der Waals surface area (Å²) in [4.78, 5) is 14.2. The quantitative estimate of drug-likeness (QED) is 0.765. The van der Waals surface area contributed by atoms with Crippen LogP contribution in [0.5, 0.6) is 0 Å². The van der Waals surface area contributed by atoms with E-state index in [0.717, 1.165) is 32.4 Å². The molecule has 0 radical (unpaired) electrons. The van der Waals surface area contributed by atoms with Crippen molar-refractivity contribution in [3.8, 4) is 0 Å². The standard InChI is InChI=1S/C13H26N2O2/c1-4-10(3)9-15(5-2)13(16)12-7-6-11(8-14)17-12/h10-12H,4-9,14H2,1-3H3. The molecule has 1 saturated heterocycles. The fraction of sp³-hybridized carbons (Fsp3) is 0.923. The molecule has 1 amide bonds. The molecule has 0 bridgehead atoms. The summed E-state index contributed by atoms with van der Waals surface area (Å²) in [7, 11) is 0. The summed E-state index contributed by atoms with van der Waals surface area (Å²) < 4.78 is 5.65. The molecule has 3 atom stereocenters. The van der Waals surface area contributed by atoms with E-state index in [1.165, 1.54) is 0 Å². The minimum atomic E-state index is -0.257. The summed E-state index contributed by atoms with van der Waals surface area (Å²) in [6.07, 6.45) is 2.64. The second-order valence-corrected chi connectivity index (χ2v) is 4.95. The van der Waals surface area contributed by atoms with E-state index in [-0.39, 0.29) is 18.1 Å². The number of hydrogen-bond acceptors (Lipinski definition) is 3. The van der Waals surface area contributed by atoms with E-state index in [1.807, 2.05) is 11.8 Å². The maximum atomic E-state index is 12.2. The zero-order valence-corrected chi connectivity index (χ0v) is 11.3. The van der Waals surface area contributed by atoms with Gasteiger partial charge in [-0.2, -0.15) is 0 Å². The minimum Gasteiger partial charge on any atom is -0.364 e. The Morgan fingerprint density at radius 3 is 2.65 bits per heavy atom. The Hall–Kier alpha value is -0.610. The van der Waals surface area contributed by atoms with Gasteiger partial charge in [0.1, 0.15) is 6.10 Å². The van der Waals surface area contributed by atoms with Crippen LogP contribution in [0.1, 0.15) is 40.0 Å². The Labute approximate surface area is 104 Å². The van der Waals surface area contributed by atoms with Crippen molar-refractivity contribution in [1.29, 1.82) is 0 Å². The van der Waals surface area contributed by atoms with Crippen molar-refractivity contribution in [2.24, 2.45) is 11.7 Å². The highest BCUT2D eigenvalue weighted by atomic mass is 16.5. The highest BCUT2D eigenvalue weighted by Gasteiger charge is 2.32. The molecule has 1 aliphatic rings. The Bertz CT molecular complexity index is 246. The van der Waals surface area contributed by atoms with Crippen LogP contribution in [0.3, 0.4) is 0 Å². The largest absolute Gasteiger partial charge is 0.364 e. The number of rotatable bonds is 6. The highest BCUT2D eigenvalue weighted by molar-refractivity contribution is 5.81. The first-order valence-corrected chi connectivity index (χ1v) is 6.76. The fourth-order valence-electron chi connectivity index (χ4n) is 2.14. The van der Waals surface area contributed by atoms with E-state index in [4.69, 9.17) is 10.5 Å². The third kappa shape index (κ3) is 3.96. The molecule has 1 rings (SSSR count). The summed E-state index contributed by atoms with van der Waals surface area (Å²) in [6.45, 7) is 8.46. The van der Waals surface area contributed by atoms with Gasteiger partial charge in [0.2, 0.25) is 0 Å². The Morgan fingerprint density at radius 2 is 2.18 bits per heavy atom. The molecule has 0 aromatic rings. The first kappa shape index (κ1) is 14.5. The van der Waals surface area contributed by atoms with E-state index in [0.29, 0.717) is 12.5 Å². The van der Waals surface area contributed by atoms with E-state index < -0.39 is 0 Å². The van der Waals surface area contributed by atoms with Crippen molar-refractivity contribution < 1.29 is 9.53 Å². The van der Waals surface area contributed by atoms with Gasteiger partial charge in [-0.1, -0.05) is 20.3 Å². The van der Waals surface area contributed by atoms with Gasteiger partial charge in [-0.05, 0) is 25.7 Å². The number of nitrogens with zero attached hydrogens (tertiary/aromatic N) is 1. The Morgan fingerprint density at radius 1 is 1.47 bits per heavy atom. The van der Waals surface area contributed by atoms with Crippen molar-refractivity contribution in [3.63, 3.8) is 0 Å². The van der Waals surface area contributed by atoms with Crippen molar-refractivity contribution >= 4 is 5.91 Å². The van der Waals surface area contributed by atoms with Gasteiger partial charge in [-0.3, -0.25) is 4.79 Å². The van der Waals surface area contributed by atoms with Gasteiger partial charge in [0.05, 0.1) is 6.10 Å². The van der Waals surface area contributed by atoms with Crippen LogP contribution in [0.25, 0.3) is 0 Å². The smallest absolute Gasteiger partial charge is 0.251 e. The monoisotopic (exact) mass is 242 g/mol. The molecule has 0 aromatic heterocycles. The summed E-state index contributed by atoms with van der Waals surface area (Å²) >= 11 is 0. The third-order valence-electron chi connectivity index (χ3n) is 3.57. The number of ether oxygens (including phenoxy) is 1. The molecule has 4 nitrogen and oxygen atoms in total. The van der Waals surface area contributed by atoms with Gasteiger partial charge in [0.15, 0.2) is 0 Å². The van der Waals surface area contributed by atoms with Crippen molar-refractivity contribution in [2.45, 2.75) is 52.2 Å². The molecule has 100 valence electrons. The van der Waals surface area contributed by atoms with Crippen LogP contribution in [0.15, 0.2) is 0 Å². The predicted octanol–water partition coefficient (Wildman–Crippen LogP) is 1.39. The molecule has 17 heavy (non-hydrogen) atoms. The second kappa shape index (κ2) is 6.97. The number of hydrogen-bond donors (Lipinski definition) is 1. The van der Waals surface area contributed by atoms with Crippen LogP contribution >= 0.6 is 0 Å². The van der Waals surface area contributed by atoms with Crippen LogP contribution in [0, 0.1) is 5.92 Å². The molecule has 3 unspecified atom stereocenters. The first-order chi connectivity index (χ1) is 8.12. The number of likely N-dealkylation sites (N-methyl/N-ethyl adjacent to an activating group) is 1. The molecular formula is C13H26N2O2. The van der Waals surface area contributed by atoms with E-state index >= 15 is 0 Å². The summed E-state index contributed by atoms with van der Waals surface area (Å²) in [5.41, 5.74) is 5.56. The average Bonchev–Trinajstić information content (AvgIpc) is 2.83. The summed E-state index contributed by atoms with van der Waals surface area (Å²) in [5.74, 6) is 0.689. The normalized spacial score (nSPS) is 25.9. The Kier molecular flexibility index (Phi) is 5.92. The second-order valence-electron chi connectivity index (χ2n) is 4.95. The minimum absolute atomic E-state index is 0.0752.